The van der Waals surface area contributed by atoms with Gasteiger partial charge in [0, 0.05) is 26.3 Å². The summed E-state index contributed by atoms with van der Waals surface area (Å²) in [6.45, 7) is 5.12. The fraction of sp³-hybridized carbons (Fsp3) is 0.412. The molecule has 0 aliphatic rings. The van der Waals surface area contributed by atoms with E-state index in [1.807, 2.05) is 44.2 Å². The lowest BCUT2D eigenvalue weighted by Gasteiger charge is -2.24. The van der Waals surface area contributed by atoms with Crippen molar-refractivity contribution in [1.82, 2.24) is 15.6 Å². The zero-order valence-corrected chi connectivity index (χ0v) is 14.1. The number of aromatic nitrogens is 1. The molecule has 2 aromatic rings. The summed E-state index contributed by atoms with van der Waals surface area (Å²) in [5.74, 6) is 2.04. The van der Waals surface area contributed by atoms with E-state index in [9.17, 15) is 0 Å². The van der Waals surface area contributed by atoms with Gasteiger partial charge < -0.3 is 19.8 Å². The molecule has 6 nitrogen and oxygen atoms in total. The molecule has 1 aromatic heterocycles. The average molecular weight is 316 g/mol. The second-order valence-corrected chi connectivity index (χ2v) is 5.73. The zero-order chi connectivity index (χ0) is 16.7. The van der Waals surface area contributed by atoms with E-state index in [-0.39, 0.29) is 5.60 Å². The van der Waals surface area contributed by atoms with Crippen molar-refractivity contribution in [1.29, 1.82) is 0 Å². The number of benzene rings is 1. The third-order valence-electron chi connectivity index (χ3n) is 3.48. The predicted octanol–water partition coefficient (Wildman–Crippen LogP) is 2.43. The van der Waals surface area contributed by atoms with Gasteiger partial charge in [0.25, 0.3) is 0 Å². The van der Waals surface area contributed by atoms with Gasteiger partial charge in [-0.25, -0.2) is 4.98 Å². The average Bonchev–Trinajstić information content (AvgIpc) is 3.05. The van der Waals surface area contributed by atoms with Crippen molar-refractivity contribution < 1.29 is 9.15 Å². The maximum Gasteiger partial charge on any atom is 0.214 e. The Kier molecular flexibility index (Phi) is 5.76. The van der Waals surface area contributed by atoms with Gasteiger partial charge in [0.1, 0.15) is 0 Å². The SMILES string of the molecule is CN=C(NCc1ncc(-c2ccccc2)o1)NCC(C)(C)OC. The summed E-state index contributed by atoms with van der Waals surface area (Å²) in [7, 11) is 3.41. The summed E-state index contributed by atoms with van der Waals surface area (Å²) in [6, 6.07) is 9.90. The van der Waals surface area contributed by atoms with Crippen LogP contribution in [0.5, 0.6) is 0 Å². The number of hydrogen-bond donors (Lipinski definition) is 2. The molecule has 0 unspecified atom stereocenters. The highest BCUT2D eigenvalue weighted by atomic mass is 16.5. The number of ether oxygens (including phenoxy) is 1. The molecule has 2 N–H and O–H groups in total. The van der Waals surface area contributed by atoms with Gasteiger partial charge in [0.2, 0.25) is 5.89 Å². The van der Waals surface area contributed by atoms with Crippen molar-refractivity contribution >= 4 is 5.96 Å². The normalized spacial score (nSPS) is 12.3. The molecule has 6 heteroatoms. The molecule has 124 valence electrons. The Balaban J connectivity index is 1.89. The number of guanidine groups is 1. The van der Waals surface area contributed by atoms with Gasteiger partial charge in [0.05, 0.1) is 18.3 Å². The summed E-state index contributed by atoms with van der Waals surface area (Å²) in [5, 5.41) is 6.39. The summed E-state index contributed by atoms with van der Waals surface area (Å²) >= 11 is 0. The minimum atomic E-state index is -0.263. The second-order valence-electron chi connectivity index (χ2n) is 5.73. The lowest BCUT2D eigenvalue weighted by Crippen LogP contribution is -2.45. The van der Waals surface area contributed by atoms with Crippen LogP contribution in [0.2, 0.25) is 0 Å². The van der Waals surface area contributed by atoms with E-state index >= 15 is 0 Å². The highest BCUT2D eigenvalue weighted by molar-refractivity contribution is 5.79. The number of hydrogen-bond acceptors (Lipinski definition) is 4. The largest absolute Gasteiger partial charge is 0.439 e. The summed E-state index contributed by atoms with van der Waals surface area (Å²) in [6.07, 6.45) is 1.73. The first-order valence-electron chi connectivity index (χ1n) is 7.54. The van der Waals surface area contributed by atoms with E-state index in [2.05, 4.69) is 20.6 Å². The standard InChI is InChI=1S/C17H24N4O2/c1-17(2,22-4)12-21-16(18-3)20-11-15-19-10-14(23-15)13-8-6-5-7-9-13/h5-10H,11-12H2,1-4H3,(H2,18,20,21). The van der Waals surface area contributed by atoms with E-state index in [0.29, 0.717) is 24.9 Å². The molecular weight excluding hydrogens is 292 g/mol. The third kappa shape index (κ3) is 5.10. The van der Waals surface area contributed by atoms with Gasteiger partial charge in [-0.15, -0.1) is 0 Å². The maximum atomic E-state index is 5.75. The molecule has 0 spiro atoms. The Morgan fingerprint density at radius 2 is 2.00 bits per heavy atom. The molecule has 1 aromatic carbocycles. The van der Waals surface area contributed by atoms with Gasteiger partial charge in [-0.05, 0) is 13.8 Å². The van der Waals surface area contributed by atoms with Crippen LogP contribution in [0, 0.1) is 0 Å². The maximum absolute atomic E-state index is 5.75. The first kappa shape index (κ1) is 17.0. The molecule has 2 rings (SSSR count). The van der Waals surface area contributed by atoms with E-state index in [4.69, 9.17) is 9.15 Å². The molecule has 0 radical (unpaired) electrons. The summed E-state index contributed by atoms with van der Waals surface area (Å²) in [5.41, 5.74) is 0.747. The van der Waals surface area contributed by atoms with E-state index < -0.39 is 0 Å². The Hall–Kier alpha value is -2.34. The molecule has 0 atom stereocenters. The number of oxazole rings is 1. The van der Waals surface area contributed by atoms with Crippen LogP contribution >= 0.6 is 0 Å². The first-order chi connectivity index (χ1) is 11.0. The van der Waals surface area contributed by atoms with Crippen LogP contribution in [0.4, 0.5) is 0 Å². The van der Waals surface area contributed by atoms with Crippen molar-refractivity contribution in [3.63, 3.8) is 0 Å². The molecule has 0 bridgehead atoms. The molecule has 23 heavy (non-hydrogen) atoms. The molecule has 0 fully saturated rings. The fourth-order valence-corrected chi connectivity index (χ4v) is 1.88. The van der Waals surface area contributed by atoms with Gasteiger partial charge in [0.15, 0.2) is 11.7 Å². The third-order valence-corrected chi connectivity index (χ3v) is 3.48. The lowest BCUT2D eigenvalue weighted by atomic mass is 10.1. The van der Waals surface area contributed by atoms with Crippen LogP contribution in [0.25, 0.3) is 11.3 Å². The van der Waals surface area contributed by atoms with Crippen molar-refractivity contribution in [2.75, 3.05) is 20.7 Å². The Bertz CT molecular complexity index is 635. The number of nitrogens with one attached hydrogen (secondary N) is 2. The van der Waals surface area contributed by atoms with Crippen molar-refractivity contribution in [2.24, 2.45) is 4.99 Å². The van der Waals surface area contributed by atoms with E-state index in [0.717, 1.165) is 11.3 Å². The highest BCUT2D eigenvalue weighted by Gasteiger charge is 2.16. The van der Waals surface area contributed by atoms with Gasteiger partial charge in [-0.2, -0.15) is 0 Å². The minimum Gasteiger partial charge on any atom is -0.439 e. The van der Waals surface area contributed by atoms with Gasteiger partial charge in [-0.3, -0.25) is 4.99 Å². The predicted molar refractivity (Wildman–Crippen MR) is 91.2 cm³/mol. The van der Waals surface area contributed by atoms with Crippen LogP contribution in [-0.2, 0) is 11.3 Å². The van der Waals surface area contributed by atoms with Gasteiger partial charge in [-0.1, -0.05) is 30.3 Å². The molecule has 0 saturated heterocycles. The topological polar surface area (TPSA) is 71.7 Å². The first-order valence-corrected chi connectivity index (χ1v) is 7.54. The Morgan fingerprint density at radius 1 is 1.26 bits per heavy atom. The molecule has 0 aliphatic heterocycles. The van der Waals surface area contributed by atoms with Crippen LogP contribution in [0.1, 0.15) is 19.7 Å². The van der Waals surface area contributed by atoms with Crippen LogP contribution < -0.4 is 10.6 Å². The quantitative estimate of drug-likeness (QED) is 0.632. The van der Waals surface area contributed by atoms with Crippen LogP contribution in [0.3, 0.4) is 0 Å². The zero-order valence-electron chi connectivity index (χ0n) is 14.1. The Morgan fingerprint density at radius 3 is 2.65 bits per heavy atom. The Labute approximate surface area is 137 Å². The van der Waals surface area contributed by atoms with Gasteiger partial charge >= 0.3 is 0 Å². The molecule has 0 aliphatic carbocycles. The lowest BCUT2D eigenvalue weighted by molar-refractivity contribution is 0.0268. The number of aliphatic imine (C=N–C) groups is 1. The monoisotopic (exact) mass is 316 g/mol. The summed E-state index contributed by atoms with van der Waals surface area (Å²) < 4.78 is 11.1. The van der Waals surface area contributed by atoms with Crippen LogP contribution in [-0.4, -0.2) is 37.2 Å². The van der Waals surface area contributed by atoms with Crippen molar-refractivity contribution in [3.05, 3.63) is 42.4 Å². The van der Waals surface area contributed by atoms with E-state index in [1.165, 1.54) is 0 Å². The number of methoxy groups -OCH3 is 1. The second kappa shape index (κ2) is 7.78. The van der Waals surface area contributed by atoms with Crippen molar-refractivity contribution in [3.8, 4) is 11.3 Å². The number of nitrogens with zero attached hydrogens (tertiary/aromatic N) is 2. The fourth-order valence-electron chi connectivity index (χ4n) is 1.88. The molecule has 0 saturated carbocycles. The van der Waals surface area contributed by atoms with Crippen molar-refractivity contribution in [2.45, 2.75) is 26.0 Å². The number of rotatable bonds is 6. The highest BCUT2D eigenvalue weighted by Crippen LogP contribution is 2.19. The molecule has 1 heterocycles. The molecule has 0 amide bonds. The minimum absolute atomic E-state index is 0.263. The summed E-state index contributed by atoms with van der Waals surface area (Å²) in [4.78, 5) is 8.46. The van der Waals surface area contributed by atoms with Crippen LogP contribution in [0.15, 0.2) is 45.9 Å². The molecular formula is C17H24N4O2. The smallest absolute Gasteiger partial charge is 0.214 e. The van der Waals surface area contributed by atoms with E-state index in [1.54, 1.807) is 20.4 Å².